The molecule has 2 aliphatic rings. The molecule has 4 rings (SSSR count). The summed E-state index contributed by atoms with van der Waals surface area (Å²) in [6.45, 7) is 4.97. The number of aromatic nitrogens is 2. The molecule has 0 bridgehead atoms. The van der Waals surface area contributed by atoms with Crippen LogP contribution in [0.2, 0.25) is 10.0 Å². The summed E-state index contributed by atoms with van der Waals surface area (Å²) in [5, 5.41) is 2.01. The molecule has 0 radical (unpaired) electrons. The first-order valence-corrected chi connectivity index (χ1v) is 11.0. The number of halogens is 2. The summed E-state index contributed by atoms with van der Waals surface area (Å²) in [6, 6.07) is 5.65. The molecule has 0 N–H and O–H groups in total. The lowest BCUT2D eigenvalue weighted by Gasteiger charge is -2.39. The highest BCUT2D eigenvalue weighted by atomic mass is 35.5. The number of nitrogens with zero attached hydrogens (tertiary/aromatic N) is 3. The Kier molecular flexibility index (Phi) is 5.83. The van der Waals surface area contributed by atoms with Gasteiger partial charge in [0, 0.05) is 24.6 Å². The molecule has 0 atom stereocenters. The van der Waals surface area contributed by atoms with Gasteiger partial charge in [0.1, 0.15) is 10.8 Å². The van der Waals surface area contributed by atoms with Gasteiger partial charge in [-0.25, -0.2) is 9.97 Å². The Balaban J connectivity index is 1.51. The summed E-state index contributed by atoms with van der Waals surface area (Å²) >= 11 is 14.0. The van der Waals surface area contributed by atoms with Crippen molar-refractivity contribution in [3.8, 4) is 0 Å². The maximum absolute atomic E-state index is 6.33. The van der Waals surface area contributed by atoms with Gasteiger partial charge in [-0.05, 0) is 44.2 Å². The second-order valence-corrected chi connectivity index (χ2v) is 8.93. The molecule has 0 unspecified atom stereocenters. The standard InChI is InChI=1S/C20H23Cl2N3OS/c1-2-15-19(27-16-6-3-5-14(21)18(16)22)23-13-17(24-15)25-10-8-20(9-11-25)7-4-12-26-20/h3,5-6,13H,2,4,7-12H2,1H3. The van der Waals surface area contributed by atoms with E-state index >= 15 is 0 Å². The van der Waals surface area contributed by atoms with Crippen molar-refractivity contribution in [1.29, 1.82) is 0 Å². The summed E-state index contributed by atoms with van der Waals surface area (Å²) < 4.78 is 6.03. The van der Waals surface area contributed by atoms with Crippen molar-refractivity contribution in [1.82, 2.24) is 9.97 Å². The van der Waals surface area contributed by atoms with Gasteiger partial charge >= 0.3 is 0 Å². The van der Waals surface area contributed by atoms with Crippen LogP contribution in [-0.2, 0) is 11.2 Å². The minimum atomic E-state index is 0.122. The van der Waals surface area contributed by atoms with Crippen LogP contribution in [0.5, 0.6) is 0 Å². The Morgan fingerprint density at radius 1 is 1.22 bits per heavy atom. The molecule has 2 aliphatic heterocycles. The molecular formula is C20H23Cl2N3OS. The minimum Gasteiger partial charge on any atom is -0.375 e. The maximum atomic E-state index is 6.33. The van der Waals surface area contributed by atoms with Crippen molar-refractivity contribution in [3.63, 3.8) is 0 Å². The summed E-state index contributed by atoms with van der Waals surface area (Å²) in [4.78, 5) is 12.8. The molecule has 144 valence electrons. The van der Waals surface area contributed by atoms with E-state index in [0.717, 1.165) is 60.4 Å². The first-order chi connectivity index (χ1) is 13.1. The molecule has 1 spiro atoms. The first kappa shape index (κ1) is 19.3. The third-order valence-corrected chi connectivity index (χ3v) is 7.46. The molecule has 0 amide bonds. The molecule has 0 aliphatic carbocycles. The van der Waals surface area contributed by atoms with Gasteiger partial charge in [-0.3, -0.25) is 0 Å². The number of rotatable bonds is 4. The lowest BCUT2D eigenvalue weighted by molar-refractivity contribution is -0.0147. The van der Waals surface area contributed by atoms with Crippen LogP contribution >= 0.6 is 35.0 Å². The van der Waals surface area contributed by atoms with Gasteiger partial charge in [0.2, 0.25) is 0 Å². The number of anilines is 1. The summed E-state index contributed by atoms with van der Waals surface area (Å²) in [6.07, 6.45) is 7.24. The molecule has 2 fully saturated rings. The van der Waals surface area contributed by atoms with E-state index in [1.807, 2.05) is 18.3 Å². The van der Waals surface area contributed by atoms with Gasteiger partial charge < -0.3 is 9.64 Å². The van der Waals surface area contributed by atoms with E-state index in [0.29, 0.717) is 10.0 Å². The average Bonchev–Trinajstić information content (AvgIpc) is 3.14. The van der Waals surface area contributed by atoms with Crippen molar-refractivity contribution in [2.24, 2.45) is 0 Å². The Morgan fingerprint density at radius 2 is 2.04 bits per heavy atom. The van der Waals surface area contributed by atoms with Gasteiger partial charge in [-0.15, -0.1) is 0 Å². The van der Waals surface area contributed by atoms with Crippen molar-refractivity contribution in [2.75, 3.05) is 24.6 Å². The molecule has 7 heteroatoms. The van der Waals surface area contributed by atoms with Gasteiger partial charge in [-0.1, -0.05) is 48.0 Å². The number of ether oxygens (including phenoxy) is 1. The predicted molar refractivity (Wildman–Crippen MR) is 111 cm³/mol. The predicted octanol–water partition coefficient (Wildman–Crippen LogP) is 5.65. The van der Waals surface area contributed by atoms with Crippen molar-refractivity contribution in [3.05, 3.63) is 40.1 Å². The van der Waals surface area contributed by atoms with Gasteiger partial charge in [0.05, 0.1) is 27.5 Å². The van der Waals surface area contributed by atoms with Crippen LogP contribution in [0.3, 0.4) is 0 Å². The van der Waals surface area contributed by atoms with Crippen LogP contribution in [0.25, 0.3) is 0 Å². The number of aryl methyl sites for hydroxylation is 1. The highest BCUT2D eigenvalue weighted by Gasteiger charge is 2.38. The van der Waals surface area contributed by atoms with Crippen LogP contribution in [0, 0.1) is 0 Å². The number of piperidine rings is 1. The number of hydrogen-bond acceptors (Lipinski definition) is 5. The van der Waals surface area contributed by atoms with E-state index in [9.17, 15) is 0 Å². The Bertz CT molecular complexity index is 817. The molecule has 3 heterocycles. The van der Waals surface area contributed by atoms with E-state index in [1.54, 1.807) is 6.07 Å². The van der Waals surface area contributed by atoms with Crippen LogP contribution < -0.4 is 4.90 Å². The van der Waals surface area contributed by atoms with Crippen LogP contribution in [0.4, 0.5) is 5.82 Å². The highest BCUT2D eigenvalue weighted by molar-refractivity contribution is 7.99. The van der Waals surface area contributed by atoms with E-state index in [-0.39, 0.29) is 5.60 Å². The third-order valence-electron chi connectivity index (χ3n) is 5.43. The second-order valence-electron chi connectivity index (χ2n) is 7.11. The van der Waals surface area contributed by atoms with Crippen molar-refractivity contribution >= 4 is 40.8 Å². The quantitative estimate of drug-likeness (QED) is 0.635. The topological polar surface area (TPSA) is 38.2 Å². The normalized spacial score (nSPS) is 19.0. The molecule has 1 aromatic heterocycles. The third kappa shape index (κ3) is 4.07. The molecule has 27 heavy (non-hydrogen) atoms. The summed E-state index contributed by atoms with van der Waals surface area (Å²) in [7, 11) is 0. The maximum Gasteiger partial charge on any atom is 0.147 e. The van der Waals surface area contributed by atoms with E-state index in [4.69, 9.17) is 37.9 Å². The zero-order valence-corrected chi connectivity index (χ0v) is 17.7. The van der Waals surface area contributed by atoms with Crippen molar-refractivity contribution in [2.45, 2.75) is 54.6 Å². The Morgan fingerprint density at radius 3 is 2.74 bits per heavy atom. The van der Waals surface area contributed by atoms with Crippen molar-refractivity contribution < 1.29 is 4.74 Å². The van der Waals surface area contributed by atoms with Gasteiger partial charge in [-0.2, -0.15) is 0 Å². The lowest BCUT2D eigenvalue weighted by atomic mass is 9.89. The fourth-order valence-corrected chi connectivity index (χ4v) is 5.27. The largest absolute Gasteiger partial charge is 0.375 e. The molecule has 1 aromatic carbocycles. The van der Waals surface area contributed by atoms with E-state index in [2.05, 4.69) is 11.8 Å². The smallest absolute Gasteiger partial charge is 0.147 e. The highest BCUT2D eigenvalue weighted by Crippen LogP contribution is 2.39. The molecule has 0 saturated carbocycles. The van der Waals surface area contributed by atoms with Gasteiger partial charge in [0.25, 0.3) is 0 Å². The molecular weight excluding hydrogens is 401 g/mol. The molecule has 2 aromatic rings. The average molecular weight is 424 g/mol. The number of benzene rings is 1. The second kappa shape index (κ2) is 8.16. The van der Waals surface area contributed by atoms with Gasteiger partial charge in [0.15, 0.2) is 0 Å². The monoisotopic (exact) mass is 423 g/mol. The fourth-order valence-electron chi connectivity index (χ4n) is 3.83. The Labute approximate surface area is 174 Å². The zero-order chi connectivity index (χ0) is 18.9. The Hall–Kier alpha value is -1.01. The molecule has 2 saturated heterocycles. The van der Waals surface area contributed by atoms with Crippen LogP contribution in [-0.4, -0.2) is 35.3 Å². The number of hydrogen-bond donors (Lipinski definition) is 0. The first-order valence-electron chi connectivity index (χ1n) is 9.47. The van der Waals surface area contributed by atoms with E-state index in [1.165, 1.54) is 24.6 Å². The zero-order valence-electron chi connectivity index (χ0n) is 15.4. The minimum absolute atomic E-state index is 0.122. The molecule has 4 nitrogen and oxygen atoms in total. The van der Waals surface area contributed by atoms with Crippen LogP contribution in [0.1, 0.15) is 38.3 Å². The summed E-state index contributed by atoms with van der Waals surface area (Å²) in [5.74, 6) is 0.959. The van der Waals surface area contributed by atoms with E-state index < -0.39 is 0 Å². The lowest BCUT2D eigenvalue weighted by Crippen LogP contribution is -2.44. The van der Waals surface area contributed by atoms with Crippen LogP contribution in [0.15, 0.2) is 34.3 Å². The fraction of sp³-hybridized carbons (Fsp3) is 0.500. The summed E-state index contributed by atoms with van der Waals surface area (Å²) in [5.41, 5.74) is 1.11. The SMILES string of the molecule is CCc1nc(N2CCC3(CCCO3)CC2)cnc1Sc1cccc(Cl)c1Cl.